The van der Waals surface area contributed by atoms with Gasteiger partial charge in [0.05, 0.1) is 5.69 Å². The van der Waals surface area contributed by atoms with Gasteiger partial charge in [-0.1, -0.05) is 20.8 Å². The summed E-state index contributed by atoms with van der Waals surface area (Å²) in [5, 5.41) is 0. The van der Waals surface area contributed by atoms with Gasteiger partial charge in [-0.2, -0.15) is 0 Å². The first-order valence-electron chi connectivity index (χ1n) is 9.47. The predicted molar refractivity (Wildman–Crippen MR) is 101 cm³/mol. The quantitative estimate of drug-likeness (QED) is 0.740. The number of nitrogens with zero attached hydrogens (tertiary/aromatic N) is 3. The zero-order valence-electron chi connectivity index (χ0n) is 16.4. The number of carbonyl (C=O) groups excluding carboxylic acids is 1. The van der Waals surface area contributed by atoms with Gasteiger partial charge in [-0.15, -0.1) is 0 Å². The van der Waals surface area contributed by atoms with Crippen molar-refractivity contribution in [1.29, 1.82) is 0 Å². The minimum Gasteiger partial charge on any atom is -0.381 e. The largest absolute Gasteiger partial charge is 0.381 e. The van der Waals surface area contributed by atoms with Gasteiger partial charge in [-0.25, -0.2) is 4.98 Å². The number of rotatable bonds is 6. The molecule has 0 saturated carbocycles. The van der Waals surface area contributed by atoms with Crippen LogP contribution in [0, 0.1) is 5.92 Å². The lowest BCUT2D eigenvalue weighted by Crippen LogP contribution is -2.28. The first-order valence-corrected chi connectivity index (χ1v) is 9.47. The summed E-state index contributed by atoms with van der Waals surface area (Å²) in [4.78, 5) is 18.8. The second-order valence-corrected chi connectivity index (χ2v) is 7.79. The fraction of sp³-hybridized carbons (Fsp3) is 0.700. The molecule has 0 unspecified atom stereocenters. The third-order valence-electron chi connectivity index (χ3n) is 4.73. The lowest BCUT2D eigenvalue weighted by Gasteiger charge is -2.25. The number of imidazole rings is 1. The van der Waals surface area contributed by atoms with Gasteiger partial charge in [0.1, 0.15) is 5.82 Å². The van der Waals surface area contributed by atoms with E-state index in [0.29, 0.717) is 5.92 Å². The summed E-state index contributed by atoms with van der Waals surface area (Å²) in [5.74, 6) is 1.76. The second-order valence-electron chi connectivity index (χ2n) is 7.79. The van der Waals surface area contributed by atoms with E-state index in [0.717, 1.165) is 57.2 Å². The summed E-state index contributed by atoms with van der Waals surface area (Å²) in [6, 6.07) is 0. The molecule has 25 heavy (non-hydrogen) atoms. The molecule has 0 atom stereocenters. The van der Waals surface area contributed by atoms with E-state index >= 15 is 0 Å². The molecule has 1 aliphatic heterocycles. The Labute approximate surface area is 152 Å². The molecule has 5 heteroatoms. The standard InChI is InChI=1S/C20H33N3O2/c1-6-22(7-2)18(24)9-8-17-15-23(19(21-17)20(3,4)5)14-16-10-12-25-13-11-16/h8-9,15-16H,6-7,10-14H2,1-5H3. The molecular weight excluding hydrogens is 314 g/mol. The van der Waals surface area contributed by atoms with Crippen molar-refractivity contribution in [2.75, 3.05) is 26.3 Å². The smallest absolute Gasteiger partial charge is 0.246 e. The van der Waals surface area contributed by atoms with Crippen LogP contribution >= 0.6 is 0 Å². The zero-order chi connectivity index (χ0) is 18.4. The fourth-order valence-corrected chi connectivity index (χ4v) is 3.26. The van der Waals surface area contributed by atoms with Gasteiger partial charge in [0.15, 0.2) is 0 Å². The fourth-order valence-electron chi connectivity index (χ4n) is 3.26. The summed E-state index contributed by atoms with van der Waals surface area (Å²) >= 11 is 0. The summed E-state index contributed by atoms with van der Waals surface area (Å²) in [7, 11) is 0. The predicted octanol–water partition coefficient (Wildman–Crippen LogP) is 3.49. The minimum atomic E-state index is -0.0276. The Balaban J connectivity index is 2.17. The van der Waals surface area contributed by atoms with E-state index in [-0.39, 0.29) is 11.3 Å². The van der Waals surface area contributed by atoms with Crippen LogP contribution in [0.5, 0.6) is 0 Å². The highest BCUT2D eigenvalue weighted by molar-refractivity contribution is 5.91. The topological polar surface area (TPSA) is 47.4 Å². The number of carbonyl (C=O) groups is 1. The number of aromatic nitrogens is 2. The monoisotopic (exact) mass is 347 g/mol. The highest BCUT2D eigenvalue weighted by Crippen LogP contribution is 2.25. The Hall–Kier alpha value is -1.62. The molecule has 140 valence electrons. The van der Waals surface area contributed by atoms with Crippen LogP contribution in [0.3, 0.4) is 0 Å². The normalized spacial score (nSPS) is 16.5. The molecule has 2 heterocycles. The van der Waals surface area contributed by atoms with Crippen LogP contribution < -0.4 is 0 Å². The minimum absolute atomic E-state index is 0.0276. The molecular formula is C20H33N3O2. The molecule has 1 aromatic heterocycles. The van der Waals surface area contributed by atoms with E-state index in [2.05, 4.69) is 31.5 Å². The maximum atomic E-state index is 12.2. The Kier molecular flexibility index (Phi) is 6.82. The van der Waals surface area contributed by atoms with Crippen molar-refractivity contribution in [3.8, 4) is 0 Å². The maximum Gasteiger partial charge on any atom is 0.246 e. The van der Waals surface area contributed by atoms with Crippen LogP contribution in [0.1, 0.15) is 59.0 Å². The summed E-state index contributed by atoms with van der Waals surface area (Å²) in [6.45, 7) is 14.7. The Morgan fingerprint density at radius 2 is 1.96 bits per heavy atom. The molecule has 1 fully saturated rings. The SMILES string of the molecule is CCN(CC)C(=O)C=Cc1cn(CC2CCOCC2)c(C(C)(C)C)n1. The Bertz CT molecular complexity index is 589. The second kappa shape index (κ2) is 8.65. The van der Waals surface area contributed by atoms with Gasteiger partial charge in [0.25, 0.3) is 0 Å². The molecule has 0 radical (unpaired) electrons. The molecule has 0 aromatic carbocycles. The van der Waals surface area contributed by atoms with Crippen LogP contribution in [-0.2, 0) is 21.5 Å². The average Bonchev–Trinajstić information content (AvgIpc) is 2.98. The first-order chi connectivity index (χ1) is 11.8. The molecule has 2 rings (SSSR count). The van der Waals surface area contributed by atoms with Gasteiger partial charge in [0, 0.05) is 50.5 Å². The maximum absolute atomic E-state index is 12.2. The highest BCUT2D eigenvalue weighted by Gasteiger charge is 2.23. The summed E-state index contributed by atoms with van der Waals surface area (Å²) in [6.07, 6.45) is 7.78. The van der Waals surface area contributed by atoms with E-state index in [1.807, 2.05) is 19.9 Å². The molecule has 1 amide bonds. The van der Waals surface area contributed by atoms with Gasteiger partial charge >= 0.3 is 0 Å². The van der Waals surface area contributed by atoms with Gasteiger partial charge in [-0.05, 0) is 38.7 Å². The lowest BCUT2D eigenvalue weighted by atomic mass is 9.94. The van der Waals surface area contributed by atoms with Crippen molar-refractivity contribution >= 4 is 12.0 Å². The average molecular weight is 348 g/mol. The Morgan fingerprint density at radius 3 is 2.52 bits per heavy atom. The number of hydrogen-bond donors (Lipinski definition) is 0. The summed E-state index contributed by atoms with van der Waals surface area (Å²) in [5.41, 5.74) is 0.831. The number of likely N-dealkylation sites (N-methyl/N-ethyl adjacent to an activating group) is 1. The molecule has 5 nitrogen and oxygen atoms in total. The molecule has 0 bridgehead atoms. The van der Waals surface area contributed by atoms with Crippen molar-refractivity contribution in [3.63, 3.8) is 0 Å². The van der Waals surface area contributed by atoms with Crippen LogP contribution in [0.25, 0.3) is 6.08 Å². The van der Waals surface area contributed by atoms with Gasteiger partial charge < -0.3 is 14.2 Å². The molecule has 0 N–H and O–H groups in total. The highest BCUT2D eigenvalue weighted by atomic mass is 16.5. The third-order valence-corrected chi connectivity index (χ3v) is 4.73. The summed E-state index contributed by atoms with van der Waals surface area (Å²) < 4.78 is 7.75. The van der Waals surface area contributed by atoms with E-state index in [9.17, 15) is 4.79 Å². The lowest BCUT2D eigenvalue weighted by molar-refractivity contribution is -0.125. The van der Waals surface area contributed by atoms with Gasteiger partial charge in [-0.3, -0.25) is 4.79 Å². The zero-order valence-corrected chi connectivity index (χ0v) is 16.4. The van der Waals surface area contributed by atoms with E-state index < -0.39 is 0 Å². The van der Waals surface area contributed by atoms with Crippen molar-refractivity contribution in [2.45, 2.75) is 59.4 Å². The van der Waals surface area contributed by atoms with Crippen molar-refractivity contribution in [2.24, 2.45) is 5.92 Å². The van der Waals surface area contributed by atoms with Crippen LogP contribution in [0.2, 0.25) is 0 Å². The van der Waals surface area contributed by atoms with Crippen LogP contribution in [-0.4, -0.2) is 46.7 Å². The van der Waals surface area contributed by atoms with Crippen molar-refractivity contribution in [3.05, 3.63) is 23.8 Å². The first kappa shape index (κ1) is 19.7. The van der Waals surface area contributed by atoms with E-state index in [1.54, 1.807) is 11.0 Å². The van der Waals surface area contributed by atoms with E-state index in [1.165, 1.54) is 0 Å². The third kappa shape index (κ3) is 5.43. The Morgan fingerprint density at radius 1 is 1.32 bits per heavy atom. The van der Waals surface area contributed by atoms with Crippen molar-refractivity contribution < 1.29 is 9.53 Å². The van der Waals surface area contributed by atoms with Crippen LogP contribution in [0.4, 0.5) is 0 Å². The molecule has 1 saturated heterocycles. The number of hydrogen-bond acceptors (Lipinski definition) is 3. The number of ether oxygens (including phenoxy) is 1. The molecule has 0 spiro atoms. The van der Waals surface area contributed by atoms with Crippen molar-refractivity contribution in [1.82, 2.24) is 14.5 Å². The molecule has 1 aliphatic rings. The van der Waals surface area contributed by atoms with Crippen LogP contribution in [0.15, 0.2) is 12.3 Å². The number of amides is 1. The van der Waals surface area contributed by atoms with Gasteiger partial charge in [0.2, 0.25) is 5.91 Å². The molecule has 1 aromatic rings. The van der Waals surface area contributed by atoms with E-state index in [4.69, 9.17) is 9.72 Å². The molecule has 0 aliphatic carbocycles.